The van der Waals surface area contributed by atoms with Crippen LogP contribution in [0.4, 0.5) is 5.69 Å². The highest BCUT2D eigenvalue weighted by Crippen LogP contribution is 2.24. The molecule has 5 heteroatoms. The van der Waals surface area contributed by atoms with Crippen LogP contribution in [0.2, 0.25) is 0 Å². The monoisotopic (exact) mass is 373 g/mol. The summed E-state index contributed by atoms with van der Waals surface area (Å²) in [6.45, 7) is 2.23. The molecule has 0 bridgehead atoms. The predicted molar refractivity (Wildman–Crippen MR) is 110 cm³/mol. The van der Waals surface area contributed by atoms with Crippen LogP contribution >= 0.6 is 0 Å². The molecule has 1 N–H and O–H groups in total. The maximum absolute atomic E-state index is 12.6. The fourth-order valence-electron chi connectivity index (χ4n) is 3.47. The van der Waals surface area contributed by atoms with Gasteiger partial charge in [0.05, 0.1) is 24.6 Å². The minimum Gasteiger partial charge on any atom is -0.497 e. The lowest BCUT2D eigenvalue weighted by Crippen LogP contribution is -2.31. The number of hydrogen-bond donors (Lipinski definition) is 1. The van der Waals surface area contributed by atoms with Crippen molar-refractivity contribution < 1.29 is 9.53 Å². The fraction of sp³-hybridized carbons (Fsp3) is 0.217. The Morgan fingerprint density at radius 1 is 1.11 bits per heavy atom. The van der Waals surface area contributed by atoms with Gasteiger partial charge in [-0.05, 0) is 41.3 Å². The van der Waals surface area contributed by atoms with Gasteiger partial charge in [-0.1, -0.05) is 36.4 Å². The number of hydrogen-bond acceptors (Lipinski definition) is 4. The Labute approximate surface area is 165 Å². The van der Waals surface area contributed by atoms with Gasteiger partial charge in [-0.25, -0.2) is 0 Å². The third-order valence-corrected chi connectivity index (χ3v) is 5.09. The second-order valence-corrected chi connectivity index (χ2v) is 6.90. The number of aromatic nitrogens is 1. The van der Waals surface area contributed by atoms with Gasteiger partial charge in [0, 0.05) is 25.8 Å². The number of benzene rings is 2. The fourth-order valence-corrected chi connectivity index (χ4v) is 3.47. The van der Waals surface area contributed by atoms with Gasteiger partial charge in [0.1, 0.15) is 5.75 Å². The van der Waals surface area contributed by atoms with Crippen LogP contribution in [0.15, 0.2) is 67.0 Å². The van der Waals surface area contributed by atoms with E-state index < -0.39 is 0 Å². The van der Waals surface area contributed by atoms with Crippen molar-refractivity contribution in [3.8, 4) is 5.75 Å². The largest absolute Gasteiger partial charge is 0.497 e. The Morgan fingerprint density at radius 3 is 2.68 bits per heavy atom. The number of nitrogens with one attached hydrogen (secondary N) is 1. The lowest BCUT2D eigenvalue weighted by molar-refractivity contribution is 0.0950. The number of anilines is 1. The van der Waals surface area contributed by atoms with E-state index in [4.69, 9.17) is 4.74 Å². The van der Waals surface area contributed by atoms with Gasteiger partial charge in [0.15, 0.2) is 0 Å². The predicted octanol–water partition coefficient (Wildman–Crippen LogP) is 3.58. The summed E-state index contributed by atoms with van der Waals surface area (Å²) in [7, 11) is 1.64. The van der Waals surface area contributed by atoms with Crippen LogP contribution in [0.25, 0.3) is 0 Å². The first-order valence-electron chi connectivity index (χ1n) is 9.41. The Morgan fingerprint density at radius 2 is 1.89 bits per heavy atom. The summed E-state index contributed by atoms with van der Waals surface area (Å²) in [4.78, 5) is 19.1. The number of carbonyl (C=O) groups is 1. The van der Waals surface area contributed by atoms with Crippen LogP contribution in [-0.4, -0.2) is 24.5 Å². The molecule has 1 amide bonds. The molecule has 0 spiro atoms. The Bertz CT molecular complexity index is 970. The molecule has 0 aliphatic carbocycles. The molecule has 28 heavy (non-hydrogen) atoms. The number of fused-ring (bicyclic) bond motifs is 1. The lowest BCUT2D eigenvalue weighted by Gasteiger charge is -2.30. The highest BCUT2D eigenvalue weighted by Gasteiger charge is 2.17. The van der Waals surface area contributed by atoms with E-state index in [0.29, 0.717) is 12.1 Å². The summed E-state index contributed by atoms with van der Waals surface area (Å²) in [5, 5.41) is 2.96. The number of methoxy groups -OCH3 is 1. The summed E-state index contributed by atoms with van der Waals surface area (Å²) in [6.07, 6.45) is 4.45. The van der Waals surface area contributed by atoms with E-state index in [1.807, 2.05) is 36.5 Å². The summed E-state index contributed by atoms with van der Waals surface area (Å²) in [5.74, 6) is 0.678. The van der Waals surface area contributed by atoms with Crippen molar-refractivity contribution in [3.63, 3.8) is 0 Å². The zero-order chi connectivity index (χ0) is 19.3. The van der Waals surface area contributed by atoms with Crippen LogP contribution in [0.1, 0.15) is 27.0 Å². The number of ether oxygens (including phenoxy) is 1. The average Bonchev–Trinajstić information content (AvgIpc) is 2.77. The standard InChI is InChI=1S/C23H23N3O2/c1-28-22-8-6-17(7-9-22)13-25-23(27)20-12-21(15-24-14-20)26-11-10-18-4-2-3-5-19(18)16-26/h2-9,12,14-15H,10-11,13,16H2,1H3,(H,25,27). The van der Waals surface area contributed by atoms with Gasteiger partial charge >= 0.3 is 0 Å². The zero-order valence-electron chi connectivity index (χ0n) is 15.9. The van der Waals surface area contributed by atoms with Crippen molar-refractivity contribution in [2.24, 2.45) is 0 Å². The molecular weight excluding hydrogens is 350 g/mol. The van der Waals surface area contributed by atoms with Crippen molar-refractivity contribution in [3.05, 3.63) is 89.2 Å². The second kappa shape index (κ2) is 8.13. The van der Waals surface area contributed by atoms with E-state index in [9.17, 15) is 4.79 Å². The number of rotatable bonds is 5. The van der Waals surface area contributed by atoms with Crippen molar-refractivity contribution in [1.29, 1.82) is 0 Å². The maximum Gasteiger partial charge on any atom is 0.253 e. The first-order chi connectivity index (χ1) is 13.7. The molecule has 1 aliphatic heterocycles. The van der Waals surface area contributed by atoms with E-state index in [2.05, 4.69) is 39.5 Å². The quantitative estimate of drug-likeness (QED) is 0.743. The third-order valence-electron chi connectivity index (χ3n) is 5.09. The molecule has 0 saturated carbocycles. The van der Waals surface area contributed by atoms with Crippen molar-refractivity contribution in [2.75, 3.05) is 18.6 Å². The molecule has 3 aromatic rings. The molecular formula is C23H23N3O2. The normalized spacial score (nSPS) is 13.0. The first-order valence-corrected chi connectivity index (χ1v) is 9.41. The molecule has 1 aromatic heterocycles. The van der Waals surface area contributed by atoms with E-state index in [0.717, 1.165) is 36.5 Å². The molecule has 0 atom stereocenters. The molecule has 2 heterocycles. The van der Waals surface area contributed by atoms with Crippen LogP contribution in [-0.2, 0) is 19.5 Å². The summed E-state index contributed by atoms with van der Waals surface area (Å²) >= 11 is 0. The van der Waals surface area contributed by atoms with Gasteiger partial charge in [-0.15, -0.1) is 0 Å². The smallest absolute Gasteiger partial charge is 0.253 e. The summed E-state index contributed by atoms with van der Waals surface area (Å²) in [5.41, 5.74) is 5.31. The maximum atomic E-state index is 12.6. The van der Waals surface area contributed by atoms with E-state index in [-0.39, 0.29) is 5.91 Å². The molecule has 0 saturated heterocycles. The molecule has 142 valence electrons. The molecule has 0 unspecified atom stereocenters. The number of nitrogens with zero attached hydrogens (tertiary/aromatic N) is 2. The van der Waals surface area contributed by atoms with Gasteiger partial charge in [0.2, 0.25) is 0 Å². The van der Waals surface area contributed by atoms with Crippen molar-refractivity contribution >= 4 is 11.6 Å². The highest BCUT2D eigenvalue weighted by atomic mass is 16.5. The molecule has 0 radical (unpaired) electrons. The first kappa shape index (κ1) is 18.0. The molecule has 0 fully saturated rings. The van der Waals surface area contributed by atoms with E-state index in [1.165, 1.54) is 11.1 Å². The topological polar surface area (TPSA) is 54.5 Å². The van der Waals surface area contributed by atoms with Crippen LogP contribution < -0.4 is 15.0 Å². The highest BCUT2D eigenvalue weighted by molar-refractivity contribution is 5.94. The third kappa shape index (κ3) is 3.98. The number of pyridine rings is 1. The van der Waals surface area contributed by atoms with Gasteiger partial charge < -0.3 is 15.0 Å². The van der Waals surface area contributed by atoms with Crippen LogP contribution in [0.5, 0.6) is 5.75 Å². The average molecular weight is 373 g/mol. The van der Waals surface area contributed by atoms with Gasteiger partial charge in [-0.3, -0.25) is 9.78 Å². The van der Waals surface area contributed by atoms with Gasteiger partial charge in [0.25, 0.3) is 5.91 Å². The van der Waals surface area contributed by atoms with Crippen molar-refractivity contribution in [2.45, 2.75) is 19.5 Å². The van der Waals surface area contributed by atoms with Crippen molar-refractivity contribution in [1.82, 2.24) is 10.3 Å². The molecule has 4 rings (SSSR count). The van der Waals surface area contributed by atoms with Crippen LogP contribution in [0.3, 0.4) is 0 Å². The summed E-state index contributed by atoms with van der Waals surface area (Å²) < 4.78 is 5.16. The van der Waals surface area contributed by atoms with Gasteiger partial charge in [-0.2, -0.15) is 0 Å². The molecule has 1 aliphatic rings. The Balaban J connectivity index is 1.42. The lowest BCUT2D eigenvalue weighted by atomic mass is 9.99. The minimum absolute atomic E-state index is 0.123. The zero-order valence-corrected chi connectivity index (χ0v) is 15.9. The second-order valence-electron chi connectivity index (χ2n) is 6.90. The molecule has 5 nitrogen and oxygen atoms in total. The Hall–Kier alpha value is -3.34. The van der Waals surface area contributed by atoms with E-state index in [1.54, 1.807) is 13.3 Å². The number of amides is 1. The molecule has 2 aromatic carbocycles. The van der Waals surface area contributed by atoms with E-state index >= 15 is 0 Å². The minimum atomic E-state index is -0.123. The SMILES string of the molecule is COc1ccc(CNC(=O)c2cncc(N3CCc4ccccc4C3)c2)cc1. The van der Waals surface area contributed by atoms with Crippen LogP contribution in [0, 0.1) is 0 Å². The Kier molecular flexibility index (Phi) is 5.24. The summed E-state index contributed by atoms with van der Waals surface area (Å²) in [6, 6.07) is 18.1. The number of carbonyl (C=O) groups excluding carboxylic acids is 1.